The van der Waals surface area contributed by atoms with Gasteiger partial charge < -0.3 is 15.5 Å². The number of alkyl halides is 3. The Morgan fingerprint density at radius 1 is 1.53 bits per heavy atom. The molecule has 0 aliphatic heterocycles. The van der Waals surface area contributed by atoms with Crippen molar-refractivity contribution >= 4 is 5.69 Å². The molecule has 0 aromatic carbocycles. The van der Waals surface area contributed by atoms with Gasteiger partial charge in [0.1, 0.15) is 6.07 Å². The van der Waals surface area contributed by atoms with Gasteiger partial charge in [-0.2, -0.15) is 5.26 Å². The molecule has 1 rings (SSSR count). The van der Waals surface area contributed by atoms with Crippen molar-refractivity contribution in [3.8, 4) is 11.8 Å². The van der Waals surface area contributed by atoms with E-state index in [1.165, 1.54) is 6.07 Å². The first kappa shape index (κ1) is 10.9. The van der Waals surface area contributed by atoms with E-state index in [0.29, 0.717) is 0 Å². The number of halogens is 3. The molecule has 0 unspecified atom stereocenters. The van der Waals surface area contributed by atoms with Crippen molar-refractivity contribution in [2.75, 3.05) is 5.73 Å². The first-order valence-corrected chi connectivity index (χ1v) is 3.52. The first-order chi connectivity index (χ1) is 6.85. The quantitative estimate of drug-likeness (QED) is 0.728. The lowest BCUT2D eigenvalue weighted by atomic mass is 10.2. The third-order valence-corrected chi connectivity index (χ3v) is 1.43. The third-order valence-electron chi connectivity index (χ3n) is 1.43. The standard InChI is InChI=1S/C7H4F3N3O2/c8-7(9,10)15-5-4(12)3(1-11)2-13-6(5)14/h2H,(H3,12,13,14). The van der Waals surface area contributed by atoms with Gasteiger partial charge >= 0.3 is 6.36 Å². The topological polar surface area (TPSA) is 91.9 Å². The maximum Gasteiger partial charge on any atom is 0.573 e. The van der Waals surface area contributed by atoms with E-state index in [1.54, 1.807) is 0 Å². The summed E-state index contributed by atoms with van der Waals surface area (Å²) in [5.74, 6) is -1.12. The molecular formula is C7H4F3N3O2. The minimum absolute atomic E-state index is 0.297. The van der Waals surface area contributed by atoms with E-state index in [4.69, 9.17) is 11.0 Å². The van der Waals surface area contributed by atoms with E-state index < -0.39 is 23.4 Å². The van der Waals surface area contributed by atoms with Crippen LogP contribution in [0.4, 0.5) is 18.9 Å². The highest BCUT2D eigenvalue weighted by molar-refractivity contribution is 5.61. The molecule has 0 aliphatic rings. The monoisotopic (exact) mass is 219 g/mol. The lowest BCUT2D eigenvalue weighted by molar-refractivity contribution is -0.274. The summed E-state index contributed by atoms with van der Waals surface area (Å²) in [4.78, 5) is 12.8. The van der Waals surface area contributed by atoms with Crippen LogP contribution in [0.15, 0.2) is 11.0 Å². The number of nitrogens with zero attached hydrogens (tertiary/aromatic N) is 1. The maximum atomic E-state index is 11.8. The Morgan fingerprint density at radius 2 is 2.13 bits per heavy atom. The Bertz CT molecular complexity index is 472. The van der Waals surface area contributed by atoms with Crippen LogP contribution in [0.25, 0.3) is 0 Å². The summed E-state index contributed by atoms with van der Waals surface area (Å²) in [5.41, 5.74) is 3.05. The second kappa shape index (κ2) is 3.53. The Kier molecular flexibility index (Phi) is 2.57. The van der Waals surface area contributed by atoms with Crippen molar-refractivity contribution in [3.05, 3.63) is 22.1 Å². The number of hydrogen-bond acceptors (Lipinski definition) is 4. The predicted octanol–water partition coefficient (Wildman–Crippen LogP) is 0.727. The molecule has 0 spiro atoms. The molecule has 0 saturated heterocycles. The Hall–Kier alpha value is -2.17. The number of nitriles is 1. The minimum Gasteiger partial charge on any atom is -0.398 e. The van der Waals surface area contributed by atoms with Gasteiger partial charge in [-0.25, -0.2) is 0 Å². The Balaban J connectivity index is 3.30. The van der Waals surface area contributed by atoms with Gasteiger partial charge in [-0.05, 0) is 0 Å². The number of ether oxygens (including phenoxy) is 1. The van der Waals surface area contributed by atoms with Crippen molar-refractivity contribution < 1.29 is 17.9 Å². The van der Waals surface area contributed by atoms with Gasteiger partial charge in [0.25, 0.3) is 5.56 Å². The Morgan fingerprint density at radius 3 is 2.60 bits per heavy atom. The minimum atomic E-state index is -5.03. The van der Waals surface area contributed by atoms with E-state index >= 15 is 0 Å². The highest BCUT2D eigenvalue weighted by atomic mass is 19.4. The van der Waals surface area contributed by atoms with Crippen molar-refractivity contribution in [1.29, 1.82) is 5.26 Å². The van der Waals surface area contributed by atoms with Crippen LogP contribution in [0.1, 0.15) is 5.56 Å². The number of nitrogen functional groups attached to an aromatic ring is 1. The molecule has 0 fully saturated rings. The van der Waals surface area contributed by atoms with Crippen LogP contribution in [-0.4, -0.2) is 11.3 Å². The average molecular weight is 219 g/mol. The van der Waals surface area contributed by atoms with Crippen LogP contribution in [0.2, 0.25) is 0 Å². The van der Waals surface area contributed by atoms with Crippen LogP contribution in [0.5, 0.6) is 5.75 Å². The molecule has 0 atom stereocenters. The fraction of sp³-hybridized carbons (Fsp3) is 0.143. The number of rotatable bonds is 1. The Labute approximate surface area is 80.9 Å². The number of nitrogens with one attached hydrogen (secondary N) is 1. The maximum absolute atomic E-state index is 11.8. The van der Waals surface area contributed by atoms with Crippen LogP contribution in [-0.2, 0) is 0 Å². The van der Waals surface area contributed by atoms with E-state index in [2.05, 4.69) is 4.74 Å². The van der Waals surface area contributed by atoms with Gasteiger partial charge in [0.15, 0.2) is 0 Å². The number of aromatic nitrogens is 1. The smallest absolute Gasteiger partial charge is 0.398 e. The van der Waals surface area contributed by atoms with Crippen LogP contribution < -0.4 is 16.0 Å². The summed E-state index contributed by atoms with van der Waals surface area (Å²) in [6.45, 7) is 0. The number of hydrogen-bond donors (Lipinski definition) is 2. The second-order valence-electron chi connectivity index (χ2n) is 2.43. The van der Waals surface area contributed by atoms with E-state index in [9.17, 15) is 18.0 Å². The van der Waals surface area contributed by atoms with Crippen LogP contribution in [0.3, 0.4) is 0 Å². The molecule has 3 N–H and O–H groups in total. The fourth-order valence-corrected chi connectivity index (χ4v) is 0.835. The van der Waals surface area contributed by atoms with E-state index in [-0.39, 0.29) is 5.56 Å². The van der Waals surface area contributed by atoms with Crippen molar-refractivity contribution in [2.45, 2.75) is 6.36 Å². The molecule has 5 nitrogen and oxygen atoms in total. The zero-order chi connectivity index (χ0) is 11.6. The lowest BCUT2D eigenvalue weighted by Gasteiger charge is -2.10. The molecule has 15 heavy (non-hydrogen) atoms. The molecule has 1 aromatic rings. The molecule has 0 saturated carbocycles. The molecule has 1 aromatic heterocycles. The van der Waals surface area contributed by atoms with E-state index in [0.717, 1.165) is 6.20 Å². The summed E-state index contributed by atoms with van der Waals surface area (Å²) in [6.07, 6.45) is -4.13. The van der Waals surface area contributed by atoms with Crippen molar-refractivity contribution in [2.24, 2.45) is 0 Å². The molecule has 80 valence electrons. The molecular weight excluding hydrogens is 215 g/mol. The van der Waals surface area contributed by atoms with Crippen LogP contribution in [0, 0.1) is 11.3 Å². The highest BCUT2D eigenvalue weighted by Gasteiger charge is 2.33. The number of anilines is 1. The summed E-state index contributed by atoms with van der Waals surface area (Å²) in [5, 5.41) is 8.44. The number of aromatic amines is 1. The zero-order valence-corrected chi connectivity index (χ0v) is 7.05. The van der Waals surface area contributed by atoms with Crippen molar-refractivity contribution in [1.82, 2.24) is 4.98 Å². The molecule has 1 heterocycles. The number of nitrogens with two attached hydrogens (primary N) is 1. The predicted molar refractivity (Wildman–Crippen MR) is 42.9 cm³/mol. The van der Waals surface area contributed by atoms with Crippen molar-refractivity contribution in [3.63, 3.8) is 0 Å². The zero-order valence-electron chi connectivity index (χ0n) is 7.05. The van der Waals surface area contributed by atoms with Gasteiger partial charge in [0, 0.05) is 6.20 Å². The van der Waals surface area contributed by atoms with Gasteiger partial charge in [0.05, 0.1) is 11.3 Å². The molecule has 0 bridgehead atoms. The third kappa shape index (κ3) is 2.40. The SMILES string of the molecule is N#Cc1c[nH]c(=O)c(OC(F)(F)F)c1N. The first-order valence-electron chi connectivity index (χ1n) is 3.52. The number of H-pyrrole nitrogens is 1. The normalized spacial score (nSPS) is 10.8. The van der Waals surface area contributed by atoms with Gasteiger partial charge in [-0.3, -0.25) is 4.79 Å². The summed E-state index contributed by atoms with van der Waals surface area (Å²) >= 11 is 0. The average Bonchev–Trinajstić information content (AvgIpc) is 2.11. The summed E-state index contributed by atoms with van der Waals surface area (Å²) in [7, 11) is 0. The highest BCUT2D eigenvalue weighted by Crippen LogP contribution is 2.26. The van der Waals surface area contributed by atoms with Gasteiger partial charge in [-0.1, -0.05) is 0 Å². The van der Waals surface area contributed by atoms with Crippen LogP contribution >= 0.6 is 0 Å². The fourth-order valence-electron chi connectivity index (χ4n) is 0.835. The second-order valence-corrected chi connectivity index (χ2v) is 2.43. The molecule has 0 radical (unpaired) electrons. The summed E-state index contributed by atoms with van der Waals surface area (Å²) < 4.78 is 38.9. The number of pyridine rings is 1. The van der Waals surface area contributed by atoms with Gasteiger partial charge in [0.2, 0.25) is 5.75 Å². The molecule has 0 aliphatic carbocycles. The van der Waals surface area contributed by atoms with E-state index in [1.807, 2.05) is 4.98 Å². The summed E-state index contributed by atoms with van der Waals surface area (Å²) in [6, 6.07) is 1.51. The van der Waals surface area contributed by atoms with Gasteiger partial charge in [-0.15, -0.1) is 13.2 Å². The molecule has 0 amide bonds. The molecule has 8 heteroatoms. The lowest BCUT2D eigenvalue weighted by Crippen LogP contribution is -2.24. The largest absolute Gasteiger partial charge is 0.573 e.